The molecule has 0 saturated carbocycles. The fraction of sp³-hybridized carbons (Fsp3) is 0.333. The Kier molecular flexibility index (Phi) is 6.64. The monoisotopic (exact) mass is 465 g/mol. The van der Waals surface area contributed by atoms with Gasteiger partial charge in [0.1, 0.15) is 6.54 Å². The topological polar surface area (TPSA) is 53.4 Å². The van der Waals surface area contributed by atoms with E-state index in [-0.39, 0.29) is 17.6 Å². The second-order valence-electron chi connectivity index (χ2n) is 7.35. The lowest BCUT2D eigenvalue weighted by Gasteiger charge is -2.35. The number of likely N-dealkylation sites (N-methyl/N-ethyl adjacent to an activating group) is 1. The molecule has 0 bridgehead atoms. The highest BCUT2D eigenvalue weighted by Crippen LogP contribution is 2.31. The molecule has 0 aliphatic carbocycles. The molecule has 4 rings (SSSR count). The minimum absolute atomic E-state index is 0.108. The number of hydrogen-bond donors (Lipinski definition) is 1. The van der Waals surface area contributed by atoms with Crippen LogP contribution in [0, 0.1) is 0 Å². The van der Waals surface area contributed by atoms with Gasteiger partial charge in [0.25, 0.3) is 5.76 Å². The number of hydrogen-bond acceptors (Lipinski definition) is 5. The van der Waals surface area contributed by atoms with Gasteiger partial charge < -0.3 is 19.7 Å². The summed E-state index contributed by atoms with van der Waals surface area (Å²) in [7, 11) is 2.08. The fourth-order valence-corrected chi connectivity index (χ4v) is 4.41. The average Bonchev–Trinajstić information content (AvgIpc) is 3.05. The summed E-state index contributed by atoms with van der Waals surface area (Å²) in [4.78, 5) is 21.6. The quantitative estimate of drug-likeness (QED) is 0.547. The Labute approximate surface area is 188 Å². The van der Waals surface area contributed by atoms with Crippen molar-refractivity contribution in [3.8, 4) is 0 Å². The first-order chi connectivity index (χ1) is 14.9. The number of para-hydroxylation sites is 2. The van der Waals surface area contributed by atoms with Gasteiger partial charge in [-0.25, -0.2) is 4.98 Å². The smallest absolute Gasteiger partial charge is 0.291 e. The van der Waals surface area contributed by atoms with E-state index >= 15 is 0 Å². The van der Waals surface area contributed by atoms with Crippen LogP contribution in [0.1, 0.15) is 0 Å². The van der Waals surface area contributed by atoms with Crippen LogP contribution >= 0.6 is 23.4 Å². The van der Waals surface area contributed by atoms with Crippen LogP contribution < -0.4 is 10.2 Å². The first-order valence-electron chi connectivity index (χ1n) is 9.83. The van der Waals surface area contributed by atoms with Crippen LogP contribution in [0.4, 0.5) is 20.2 Å². The molecule has 31 heavy (non-hydrogen) atoms. The lowest BCUT2D eigenvalue weighted by molar-refractivity contribution is -0.116. The van der Waals surface area contributed by atoms with E-state index in [0.717, 1.165) is 31.9 Å². The number of anilines is 2. The van der Waals surface area contributed by atoms with E-state index in [2.05, 4.69) is 27.1 Å². The first-order valence-corrected chi connectivity index (χ1v) is 11.1. The third-order valence-corrected chi connectivity index (χ3v) is 6.13. The minimum atomic E-state index is -2.63. The van der Waals surface area contributed by atoms with Gasteiger partial charge in [0.05, 0.1) is 22.4 Å². The van der Waals surface area contributed by atoms with E-state index in [9.17, 15) is 13.6 Å². The Hall–Kier alpha value is -2.36. The van der Waals surface area contributed by atoms with Gasteiger partial charge in [0.15, 0.2) is 5.16 Å². The maximum Gasteiger partial charge on any atom is 0.291 e. The summed E-state index contributed by atoms with van der Waals surface area (Å²) in [6, 6.07) is 12.5. The summed E-state index contributed by atoms with van der Waals surface area (Å²) >= 11 is 6.52. The van der Waals surface area contributed by atoms with Crippen molar-refractivity contribution >= 4 is 51.7 Å². The summed E-state index contributed by atoms with van der Waals surface area (Å²) in [6.45, 7) is 3.38. The van der Waals surface area contributed by atoms with Crippen LogP contribution in [-0.4, -0.2) is 59.3 Å². The van der Waals surface area contributed by atoms with Crippen LogP contribution in [0.5, 0.6) is 0 Å². The number of nitrogens with zero attached hydrogens (tertiary/aromatic N) is 4. The molecule has 1 aromatic heterocycles. The van der Waals surface area contributed by atoms with E-state index < -0.39 is 5.76 Å². The van der Waals surface area contributed by atoms with E-state index in [1.165, 1.54) is 4.57 Å². The number of rotatable bonds is 6. The van der Waals surface area contributed by atoms with Gasteiger partial charge in [-0.1, -0.05) is 23.7 Å². The van der Waals surface area contributed by atoms with Crippen LogP contribution in [0.15, 0.2) is 47.6 Å². The molecule has 1 aliphatic heterocycles. The molecule has 10 heteroatoms. The molecular formula is C21H22ClF2N5OS. The number of amides is 1. The minimum Gasteiger partial charge on any atom is -0.367 e. The predicted octanol–water partition coefficient (Wildman–Crippen LogP) is 4.39. The molecule has 2 heterocycles. The molecule has 1 N–H and O–H groups in total. The number of benzene rings is 2. The predicted molar refractivity (Wildman–Crippen MR) is 121 cm³/mol. The molecule has 1 amide bonds. The normalized spacial score (nSPS) is 15.1. The number of carbonyl (C=O) groups is 1. The second kappa shape index (κ2) is 9.42. The number of imidazole rings is 1. The number of carbonyl (C=O) groups excluding carboxylic acids is 1. The van der Waals surface area contributed by atoms with Crippen molar-refractivity contribution in [2.24, 2.45) is 0 Å². The first kappa shape index (κ1) is 21.9. The number of fused-ring (bicyclic) bond motifs is 1. The van der Waals surface area contributed by atoms with Gasteiger partial charge >= 0.3 is 0 Å². The molecule has 0 spiro atoms. The summed E-state index contributed by atoms with van der Waals surface area (Å²) in [5.41, 5.74) is 2.70. The highest BCUT2D eigenvalue weighted by molar-refractivity contribution is 7.99. The average molecular weight is 466 g/mol. The Morgan fingerprint density at radius 3 is 2.68 bits per heavy atom. The lowest BCUT2D eigenvalue weighted by atomic mass is 10.2. The number of thioether (sulfide) groups is 1. The van der Waals surface area contributed by atoms with Crippen molar-refractivity contribution in [3.05, 3.63) is 47.5 Å². The van der Waals surface area contributed by atoms with E-state index in [0.29, 0.717) is 33.5 Å². The van der Waals surface area contributed by atoms with Crippen molar-refractivity contribution in [2.45, 2.75) is 17.5 Å². The number of alkyl halides is 2. The zero-order chi connectivity index (χ0) is 22.0. The van der Waals surface area contributed by atoms with Crippen molar-refractivity contribution in [3.63, 3.8) is 0 Å². The summed E-state index contributed by atoms with van der Waals surface area (Å²) < 4.78 is 27.6. The number of nitrogens with one attached hydrogen (secondary N) is 1. The third kappa shape index (κ3) is 5.11. The largest absolute Gasteiger partial charge is 0.367 e. The molecule has 1 saturated heterocycles. The van der Waals surface area contributed by atoms with Crippen molar-refractivity contribution in [1.82, 2.24) is 14.5 Å². The van der Waals surface area contributed by atoms with Gasteiger partial charge in [0, 0.05) is 31.2 Å². The maximum absolute atomic E-state index is 13.0. The Morgan fingerprint density at radius 1 is 1.19 bits per heavy atom. The van der Waals surface area contributed by atoms with Crippen molar-refractivity contribution < 1.29 is 13.6 Å². The number of halogens is 3. The maximum atomic E-state index is 13.0. The zero-order valence-electron chi connectivity index (χ0n) is 16.9. The van der Waals surface area contributed by atoms with Crippen LogP contribution in [0.2, 0.25) is 5.02 Å². The SMILES string of the molecule is CN1CCN(c2ccc(Cl)cc2NC(=O)Cn2c(SC(F)F)nc3ccccc32)CC1. The molecule has 1 fully saturated rings. The summed E-state index contributed by atoms with van der Waals surface area (Å²) in [5.74, 6) is -2.97. The van der Waals surface area contributed by atoms with E-state index in [1.807, 2.05) is 6.07 Å². The lowest BCUT2D eigenvalue weighted by Crippen LogP contribution is -2.44. The second-order valence-corrected chi connectivity index (χ2v) is 8.74. The van der Waals surface area contributed by atoms with Gasteiger partial charge in [0.2, 0.25) is 5.91 Å². The molecule has 164 valence electrons. The van der Waals surface area contributed by atoms with Crippen molar-refractivity contribution in [1.29, 1.82) is 0 Å². The molecule has 3 aromatic rings. The van der Waals surface area contributed by atoms with Crippen LogP contribution in [-0.2, 0) is 11.3 Å². The molecule has 0 radical (unpaired) electrons. The van der Waals surface area contributed by atoms with Gasteiger partial charge in [-0.05, 0) is 49.1 Å². The number of aromatic nitrogens is 2. The van der Waals surface area contributed by atoms with Gasteiger partial charge in [-0.3, -0.25) is 4.79 Å². The highest BCUT2D eigenvalue weighted by atomic mass is 35.5. The van der Waals surface area contributed by atoms with Crippen LogP contribution in [0.3, 0.4) is 0 Å². The number of piperazine rings is 1. The molecule has 2 aromatic carbocycles. The summed E-state index contributed by atoms with van der Waals surface area (Å²) in [6.07, 6.45) is 0. The molecule has 1 aliphatic rings. The van der Waals surface area contributed by atoms with E-state index in [4.69, 9.17) is 11.6 Å². The third-order valence-electron chi connectivity index (χ3n) is 5.19. The molecule has 0 unspecified atom stereocenters. The Balaban J connectivity index is 1.58. The molecular weight excluding hydrogens is 444 g/mol. The van der Waals surface area contributed by atoms with Crippen LogP contribution in [0.25, 0.3) is 11.0 Å². The van der Waals surface area contributed by atoms with Gasteiger partial charge in [-0.2, -0.15) is 8.78 Å². The summed E-state index contributed by atoms with van der Waals surface area (Å²) in [5, 5.41) is 3.54. The molecule has 6 nitrogen and oxygen atoms in total. The van der Waals surface area contributed by atoms with Gasteiger partial charge in [-0.15, -0.1) is 0 Å². The Bertz CT molecular complexity index is 1080. The van der Waals surface area contributed by atoms with E-state index in [1.54, 1.807) is 36.4 Å². The standard InChI is InChI=1S/C21H22ClF2N5OS/c1-27-8-10-28(11-9-27)17-7-6-14(22)12-16(17)25-19(30)13-29-18-5-3-2-4-15(18)26-21(29)31-20(23)24/h2-7,12,20H,8-11,13H2,1H3,(H,25,30). The zero-order valence-corrected chi connectivity index (χ0v) is 18.5. The fourth-order valence-electron chi connectivity index (χ4n) is 3.64. The molecule has 0 atom stereocenters. The highest BCUT2D eigenvalue weighted by Gasteiger charge is 2.21. The Morgan fingerprint density at radius 2 is 1.94 bits per heavy atom. The van der Waals surface area contributed by atoms with Crippen molar-refractivity contribution in [2.75, 3.05) is 43.4 Å².